The van der Waals surface area contributed by atoms with E-state index in [1.807, 2.05) is 43.0 Å². The van der Waals surface area contributed by atoms with Crippen LogP contribution in [-0.4, -0.2) is 26.3 Å². The summed E-state index contributed by atoms with van der Waals surface area (Å²) in [6, 6.07) is 6.00. The highest BCUT2D eigenvalue weighted by Gasteiger charge is 2.16. The molecule has 5 nitrogen and oxygen atoms in total. The van der Waals surface area contributed by atoms with Gasteiger partial charge in [-0.2, -0.15) is 5.10 Å². The largest absolute Gasteiger partial charge is 0.342 e. The van der Waals surface area contributed by atoms with Gasteiger partial charge in [0, 0.05) is 19.8 Å². The third kappa shape index (κ3) is 2.27. The Balaban J connectivity index is 1.93. The van der Waals surface area contributed by atoms with Gasteiger partial charge in [0.05, 0.1) is 22.6 Å². The summed E-state index contributed by atoms with van der Waals surface area (Å²) in [7, 11) is 1.94. The summed E-state index contributed by atoms with van der Waals surface area (Å²) in [6.07, 6.45) is 1.83. The highest BCUT2D eigenvalue weighted by Crippen LogP contribution is 2.31. The maximum absolute atomic E-state index is 4.72. The third-order valence-electron chi connectivity index (χ3n) is 3.26. The minimum Gasteiger partial charge on any atom is -0.342 e. The predicted octanol–water partition coefficient (Wildman–Crippen LogP) is 2.76. The zero-order valence-electron chi connectivity index (χ0n) is 11.9. The molecule has 0 saturated heterocycles. The summed E-state index contributed by atoms with van der Waals surface area (Å²) < 4.78 is 3.01. The first-order valence-electron chi connectivity index (χ1n) is 6.64. The summed E-state index contributed by atoms with van der Waals surface area (Å²) in [5, 5.41) is 5.43. The average molecular weight is 287 g/mol. The van der Waals surface area contributed by atoms with Gasteiger partial charge in [0.15, 0.2) is 10.8 Å². The molecule has 0 spiro atoms. The number of aryl methyl sites for hydroxylation is 2. The van der Waals surface area contributed by atoms with E-state index in [4.69, 9.17) is 4.98 Å². The summed E-state index contributed by atoms with van der Waals surface area (Å²) in [4.78, 5) is 11.3. The second-order valence-corrected chi connectivity index (χ2v) is 5.67. The Hall–Kier alpha value is -1.95. The Morgan fingerprint density at radius 1 is 1.35 bits per heavy atom. The molecule has 104 valence electrons. The molecule has 3 heterocycles. The van der Waals surface area contributed by atoms with Crippen LogP contribution in [-0.2, 0) is 13.6 Å². The first-order chi connectivity index (χ1) is 9.69. The van der Waals surface area contributed by atoms with E-state index in [1.54, 1.807) is 11.3 Å². The topological polar surface area (TPSA) is 46.8 Å². The molecular formula is C14H17N5S. The first-order valence-corrected chi connectivity index (χ1v) is 7.45. The molecule has 0 aromatic carbocycles. The van der Waals surface area contributed by atoms with Crippen LogP contribution >= 0.6 is 11.3 Å². The van der Waals surface area contributed by atoms with Crippen LogP contribution in [0.4, 0.5) is 5.13 Å². The van der Waals surface area contributed by atoms with Crippen LogP contribution in [0, 0.1) is 6.92 Å². The molecule has 0 atom stereocenters. The molecule has 0 aliphatic rings. The lowest BCUT2D eigenvalue weighted by molar-refractivity contribution is 0.767. The second-order valence-electron chi connectivity index (χ2n) is 4.69. The Morgan fingerprint density at radius 3 is 2.85 bits per heavy atom. The standard InChI is InChI=1S/C14H17N5S/c1-4-19(9-11-7-5-6-8-15-11)14-16-13-12(20-14)10(2)17-18(13)3/h5-8H,4,9H2,1-3H3. The number of hydrogen-bond acceptors (Lipinski definition) is 5. The summed E-state index contributed by atoms with van der Waals surface area (Å²) in [6.45, 7) is 5.85. The molecule has 3 rings (SSSR count). The molecule has 0 N–H and O–H groups in total. The van der Waals surface area contributed by atoms with Crippen LogP contribution in [0.1, 0.15) is 18.3 Å². The van der Waals surface area contributed by atoms with E-state index in [9.17, 15) is 0 Å². The number of fused-ring (bicyclic) bond motifs is 1. The molecule has 0 radical (unpaired) electrons. The molecular weight excluding hydrogens is 270 g/mol. The van der Waals surface area contributed by atoms with Crippen molar-refractivity contribution in [3.8, 4) is 0 Å². The van der Waals surface area contributed by atoms with Crippen LogP contribution < -0.4 is 4.90 Å². The highest BCUT2D eigenvalue weighted by atomic mass is 32.1. The first kappa shape index (κ1) is 13.1. The van der Waals surface area contributed by atoms with Gasteiger partial charge >= 0.3 is 0 Å². The number of hydrogen-bond donors (Lipinski definition) is 0. The van der Waals surface area contributed by atoms with Crippen molar-refractivity contribution in [1.82, 2.24) is 19.7 Å². The highest BCUT2D eigenvalue weighted by molar-refractivity contribution is 7.22. The van der Waals surface area contributed by atoms with E-state index in [0.717, 1.165) is 35.3 Å². The van der Waals surface area contributed by atoms with Gasteiger partial charge in [-0.3, -0.25) is 4.98 Å². The van der Waals surface area contributed by atoms with E-state index in [1.165, 1.54) is 4.70 Å². The van der Waals surface area contributed by atoms with Gasteiger partial charge in [0.1, 0.15) is 0 Å². The lowest BCUT2D eigenvalue weighted by Gasteiger charge is -2.18. The zero-order chi connectivity index (χ0) is 14.1. The second kappa shape index (κ2) is 5.20. The van der Waals surface area contributed by atoms with Gasteiger partial charge in [0.2, 0.25) is 0 Å². The van der Waals surface area contributed by atoms with Crippen molar-refractivity contribution < 1.29 is 0 Å². The van der Waals surface area contributed by atoms with Crippen molar-refractivity contribution in [3.05, 3.63) is 35.8 Å². The van der Waals surface area contributed by atoms with Crippen molar-refractivity contribution in [2.75, 3.05) is 11.4 Å². The fraction of sp³-hybridized carbons (Fsp3) is 0.357. The van der Waals surface area contributed by atoms with E-state index in [2.05, 4.69) is 21.9 Å². The molecule has 0 bridgehead atoms. The Bertz CT molecular complexity index is 681. The molecule has 0 aliphatic carbocycles. The van der Waals surface area contributed by atoms with E-state index < -0.39 is 0 Å². The van der Waals surface area contributed by atoms with Crippen molar-refractivity contribution >= 4 is 26.8 Å². The quantitative estimate of drug-likeness (QED) is 0.740. The Kier molecular flexibility index (Phi) is 3.40. The third-order valence-corrected chi connectivity index (χ3v) is 4.48. The van der Waals surface area contributed by atoms with E-state index >= 15 is 0 Å². The molecule has 3 aromatic heterocycles. The summed E-state index contributed by atoms with van der Waals surface area (Å²) in [5.41, 5.74) is 3.06. The zero-order valence-corrected chi connectivity index (χ0v) is 12.7. The SMILES string of the molecule is CCN(Cc1ccccn1)c1nc2c(s1)c(C)nn2C. The average Bonchev–Trinajstić information content (AvgIpc) is 3.00. The van der Waals surface area contributed by atoms with Crippen LogP contribution in [0.15, 0.2) is 24.4 Å². The van der Waals surface area contributed by atoms with Crippen molar-refractivity contribution in [1.29, 1.82) is 0 Å². The van der Waals surface area contributed by atoms with Gasteiger partial charge in [-0.15, -0.1) is 0 Å². The molecule has 6 heteroatoms. The minimum absolute atomic E-state index is 0.781. The number of pyridine rings is 1. The normalized spacial score (nSPS) is 11.2. The van der Waals surface area contributed by atoms with Crippen molar-refractivity contribution in [2.24, 2.45) is 7.05 Å². The van der Waals surface area contributed by atoms with Gasteiger partial charge in [0.25, 0.3) is 0 Å². The Morgan fingerprint density at radius 2 is 2.20 bits per heavy atom. The van der Waals surface area contributed by atoms with Gasteiger partial charge in [-0.25, -0.2) is 9.67 Å². The lowest BCUT2D eigenvalue weighted by atomic mass is 10.3. The van der Waals surface area contributed by atoms with Crippen LogP contribution in [0.5, 0.6) is 0 Å². The molecule has 0 amide bonds. The monoisotopic (exact) mass is 287 g/mol. The Labute approximate surface area is 121 Å². The predicted molar refractivity (Wildman–Crippen MR) is 82.1 cm³/mol. The van der Waals surface area contributed by atoms with Crippen LogP contribution in [0.25, 0.3) is 10.3 Å². The molecule has 3 aromatic rings. The fourth-order valence-electron chi connectivity index (χ4n) is 2.21. The number of aromatic nitrogens is 4. The maximum Gasteiger partial charge on any atom is 0.188 e. The molecule has 0 saturated carbocycles. The minimum atomic E-state index is 0.781. The fourth-order valence-corrected chi connectivity index (χ4v) is 3.31. The van der Waals surface area contributed by atoms with Gasteiger partial charge < -0.3 is 4.90 Å². The van der Waals surface area contributed by atoms with E-state index in [-0.39, 0.29) is 0 Å². The van der Waals surface area contributed by atoms with Gasteiger partial charge in [-0.05, 0) is 26.0 Å². The number of thiazole rings is 1. The molecule has 0 unspecified atom stereocenters. The lowest BCUT2D eigenvalue weighted by Crippen LogP contribution is -2.22. The van der Waals surface area contributed by atoms with Crippen molar-refractivity contribution in [3.63, 3.8) is 0 Å². The summed E-state index contributed by atoms with van der Waals surface area (Å²) in [5.74, 6) is 0. The number of anilines is 1. The number of nitrogens with zero attached hydrogens (tertiary/aromatic N) is 5. The molecule has 20 heavy (non-hydrogen) atoms. The van der Waals surface area contributed by atoms with E-state index in [0.29, 0.717) is 0 Å². The van der Waals surface area contributed by atoms with Gasteiger partial charge in [-0.1, -0.05) is 17.4 Å². The number of rotatable bonds is 4. The molecule has 0 fully saturated rings. The van der Waals surface area contributed by atoms with Crippen LogP contribution in [0.2, 0.25) is 0 Å². The van der Waals surface area contributed by atoms with Crippen LogP contribution in [0.3, 0.4) is 0 Å². The summed E-state index contributed by atoms with van der Waals surface area (Å²) >= 11 is 1.70. The molecule has 0 aliphatic heterocycles. The van der Waals surface area contributed by atoms with Crippen molar-refractivity contribution in [2.45, 2.75) is 20.4 Å². The maximum atomic E-state index is 4.72. The smallest absolute Gasteiger partial charge is 0.188 e.